The summed E-state index contributed by atoms with van der Waals surface area (Å²) < 4.78 is 13.8. The maximum Gasteiger partial charge on any atom is 0.222 e. The molecule has 0 atom stereocenters. The Morgan fingerprint density at radius 2 is 1.96 bits per heavy atom. The van der Waals surface area contributed by atoms with Gasteiger partial charge in [-0.1, -0.05) is 42.5 Å². The van der Waals surface area contributed by atoms with Crippen LogP contribution in [0.1, 0.15) is 36.5 Å². The van der Waals surface area contributed by atoms with Gasteiger partial charge in [0.25, 0.3) is 0 Å². The molecule has 28 heavy (non-hydrogen) atoms. The standard InChI is InChI=1S/C22H27FN4O/c1-2-24-22(26-15-19-9-3-4-10-20(19)23)25-14-17-7-5-8-18(13-17)16-27-12-6-11-21(27)28/h3-5,7-10,13H,2,6,11-12,14-16H2,1H3,(H2,24,25,26). The Balaban J connectivity index is 1.61. The topological polar surface area (TPSA) is 56.7 Å². The predicted molar refractivity (Wildman–Crippen MR) is 109 cm³/mol. The predicted octanol–water partition coefficient (Wildman–Crippen LogP) is 3.20. The van der Waals surface area contributed by atoms with E-state index in [2.05, 4.69) is 21.7 Å². The molecule has 1 saturated heterocycles. The monoisotopic (exact) mass is 382 g/mol. The Bertz CT molecular complexity index is 837. The summed E-state index contributed by atoms with van der Waals surface area (Å²) in [6.07, 6.45) is 1.60. The number of nitrogens with zero attached hydrogens (tertiary/aromatic N) is 2. The van der Waals surface area contributed by atoms with Crippen molar-refractivity contribution in [2.75, 3.05) is 13.1 Å². The van der Waals surface area contributed by atoms with Gasteiger partial charge in [-0.15, -0.1) is 0 Å². The molecule has 1 heterocycles. The Morgan fingerprint density at radius 3 is 2.71 bits per heavy atom. The van der Waals surface area contributed by atoms with Crippen LogP contribution in [0.3, 0.4) is 0 Å². The number of hydrogen-bond acceptors (Lipinski definition) is 2. The lowest BCUT2D eigenvalue weighted by molar-refractivity contribution is -0.128. The molecule has 1 aliphatic heterocycles. The van der Waals surface area contributed by atoms with Gasteiger partial charge in [-0.05, 0) is 30.5 Å². The smallest absolute Gasteiger partial charge is 0.222 e. The average molecular weight is 382 g/mol. The van der Waals surface area contributed by atoms with Crippen LogP contribution in [-0.4, -0.2) is 29.9 Å². The highest BCUT2D eigenvalue weighted by Crippen LogP contribution is 2.15. The summed E-state index contributed by atoms with van der Waals surface area (Å²) in [7, 11) is 0. The van der Waals surface area contributed by atoms with Gasteiger partial charge in [0.2, 0.25) is 5.91 Å². The molecule has 2 aromatic rings. The Morgan fingerprint density at radius 1 is 1.14 bits per heavy atom. The van der Waals surface area contributed by atoms with Gasteiger partial charge in [0.05, 0.1) is 6.54 Å². The molecule has 5 nitrogen and oxygen atoms in total. The normalized spacial score (nSPS) is 14.4. The molecule has 0 unspecified atom stereocenters. The van der Waals surface area contributed by atoms with Gasteiger partial charge in [0.15, 0.2) is 5.96 Å². The van der Waals surface area contributed by atoms with Crippen LogP contribution in [0.5, 0.6) is 0 Å². The van der Waals surface area contributed by atoms with Crippen molar-refractivity contribution in [3.63, 3.8) is 0 Å². The quantitative estimate of drug-likeness (QED) is 0.571. The van der Waals surface area contributed by atoms with Crippen molar-refractivity contribution in [1.82, 2.24) is 15.5 Å². The van der Waals surface area contributed by atoms with E-state index in [0.29, 0.717) is 37.6 Å². The molecule has 3 rings (SSSR count). The second-order valence-corrected chi connectivity index (χ2v) is 6.88. The molecule has 0 saturated carbocycles. The Labute approximate surface area is 165 Å². The van der Waals surface area contributed by atoms with Crippen LogP contribution in [0.15, 0.2) is 53.5 Å². The number of amides is 1. The number of likely N-dealkylation sites (tertiary alicyclic amines) is 1. The number of carbonyl (C=O) groups excluding carboxylic acids is 1. The first kappa shape index (κ1) is 19.9. The fourth-order valence-corrected chi connectivity index (χ4v) is 3.25. The molecule has 0 aliphatic carbocycles. The minimum Gasteiger partial charge on any atom is -0.357 e. The molecule has 0 bridgehead atoms. The summed E-state index contributed by atoms with van der Waals surface area (Å²) in [5.74, 6) is 0.649. The van der Waals surface area contributed by atoms with E-state index < -0.39 is 0 Å². The molecule has 1 amide bonds. The van der Waals surface area contributed by atoms with Crippen LogP contribution in [-0.2, 0) is 24.4 Å². The van der Waals surface area contributed by atoms with Gasteiger partial charge in [-0.2, -0.15) is 0 Å². The SMILES string of the molecule is CCNC(=NCc1cccc(CN2CCCC2=O)c1)NCc1ccccc1F. The van der Waals surface area contributed by atoms with E-state index >= 15 is 0 Å². The van der Waals surface area contributed by atoms with E-state index in [0.717, 1.165) is 30.6 Å². The van der Waals surface area contributed by atoms with Gasteiger partial charge < -0.3 is 15.5 Å². The van der Waals surface area contributed by atoms with E-state index in [9.17, 15) is 9.18 Å². The summed E-state index contributed by atoms with van der Waals surface area (Å²) in [6.45, 7) is 5.09. The van der Waals surface area contributed by atoms with Gasteiger partial charge in [-0.25, -0.2) is 9.38 Å². The molecule has 0 aromatic heterocycles. The number of rotatable bonds is 7. The largest absolute Gasteiger partial charge is 0.357 e. The van der Waals surface area contributed by atoms with Gasteiger partial charge in [-0.3, -0.25) is 4.79 Å². The maximum atomic E-state index is 13.8. The zero-order valence-corrected chi connectivity index (χ0v) is 16.2. The highest BCUT2D eigenvalue weighted by molar-refractivity contribution is 5.79. The molecule has 2 aromatic carbocycles. The Hall–Kier alpha value is -2.89. The number of aliphatic imine (C=N–C) groups is 1. The van der Waals surface area contributed by atoms with Crippen LogP contribution in [0.25, 0.3) is 0 Å². The second-order valence-electron chi connectivity index (χ2n) is 6.88. The van der Waals surface area contributed by atoms with Crippen LogP contribution in [0, 0.1) is 5.82 Å². The van der Waals surface area contributed by atoms with E-state index in [1.807, 2.05) is 36.1 Å². The van der Waals surface area contributed by atoms with Gasteiger partial charge in [0.1, 0.15) is 5.82 Å². The third kappa shape index (κ3) is 5.55. The highest BCUT2D eigenvalue weighted by atomic mass is 19.1. The van der Waals surface area contributed by atoms with Crippen molar-refractivity contribution in [3.8, 4) is 0 Å². The third-order valence-corrected chi connectivity index (χ3v) is 4.70. The molecule has 1 aliphatic rings. The minimum atomic E-state index is -0.227. The summed E-state index contributed by atoms with van der Waals surface area (Å²) in [5, 5.41) is 6.36. The molecule has 148 valence electrons. The highest BCUT2D eigenvalue weighted by Gasteiger charge is 2.19. The second kappa shape index (κ2) is 9.88. The van der Waals surface area contributed by atoms with Crippen molar-refractivity contribution in [1.29, 1.82) is 0 Å². The van der Waals surface area contributed by atoms with Crippen LogP contribution in [0.2, 0.25) is 0 Å². The number of halogens is 1. The molecule has 2 N–H and O–H groups in total. The van der Waals surface area contributed by atoms with Crippen molar-refractivity contribution < 1.29 is 9.18 Å². The van der Waals surface area contributed by atoms with Gasteiger partial charge >= 0.3 is 0 Å². The zero-order valence-electron chi connectivity index (χ0n) is 16.2. The number of hydrogen-bond donors (Lipinski definition) is 2. The van der Waals surface area contributed by atoms with Crippen LogP contribution < -0.4 is 10.6 Å². The fourth-order valence-electron chi connectivity index (χ4n) is 3.25. The number of nitrogens with one attached hydrogen (secondary N) is 2. The van der Waals surface area contributed by atoms with Crippen molar-refractivity contribution in [2.24, 2.45) is 4.99 Å². The van der Waals surface area contributed by atoms with E-state index in [4.69, 9.17) is 0 Å². The maximum absolute atomic E-state index is 13.8. The first-order valence-corrected chi connectivity index (χ1v) is 9.77. The average Bonchev–Trinajstić information content (AvgIpc) is 3.10. The molecule has 1 fully saturated rings. The first-order valence-electron chi connectivity index (χ1n) is 9.77. The third-order valence-electron chi connectivity index (χ3n) is 4.70. The number of guanidine groups is 1. The summed E-state index contributed by atoms with van der Waals surface area (Å²) in [6, 6.07) is 14.9. The number of carbonyl (C=O) groups is 1. The summed E-state index contributed by atoms with van der Waals surface area (Å²) >= 11 is 0. The van der Waals surface area contributed by atoms with E-state index in [1.165, 1.54) is 6.07 Å². The molecule has 0 radical (unpaired) electrons. The lowest BCUT2D eigenvalue weighted by Gasteiger charge is -2.16. The van der Waals surface area contributed by atoms with Gasteiger partial charge in [0, 0.05) is 38.2 Å². The van der Waals surface area contributed by atoms with Crippen molar-refractivity contribution >= 4 is 11.9 Å². The molecule has 0 spiro atoms. The van der Waals surface area contributed by atoms with Crippen molar-refractivity contribution in [3.05, 3.63) is 71.0 Å². The fraction of sp³-hybridized carbons (Fsp3) is 0.364. The molecular formula is C22H27FN4O. The first-order chi connectivity index (χ1) is 13.7. The minimum absolute atomic E-state index is 0.227. The molecule has 6 heteroatoms. The Kier molecular flexibility index (Phi) is 7.00. The van der Waals surface area contributed by atoms with Crippen molar-refractivity contribution in [2.45, 2.75) is 39.4 Å². The summed E-state index contributed by atoms with van der Waals surface area (Å²) in [4.78, 5) is 18.3. The van der Waals surface area contributed by atoms with Crippen LogP contribution >= 0.6 is 0 Å². The lowest BCUT2D eigenvalue weighted by atomic mass is 10.1. The lowest BCUT2D eigenvalue weighted by Crippen LogP contribution is -2.37. The van der Waals surface area contributed by atoms with E-state index in [-0.39, 0.29) is 11.7 Å². The summed E-state index contributed by atoms with van der Waals surface area (Å²) in [5.41, 5.74) is 2.80. The zero-order chi connectivity index (χ0) is 19.8. The number of benzene rings is 2. The van der Waals surface area contributed by atoms with E-state index in [1.54, 1.807) is 12.1 Å². The molecular weight excluding hydrogens is 355 g/mol. The van der Waals surface area contributed by atoms with Crippen LogP contribution in [0.4, 0.5) is 4.39 Å².